The second kappa shape index (κ2) is 5.62. The molecule has 0 amide bonds. The van der Waals surface area contributed by atoms with Gasteiger partial charge in [-0.05, 0) is 46.1 Å². The lowest BCUT2D eigenvalue weighted by atomic mass is 10.1. The Bertz CT molecular complexity index is 551. The number of hydrogen-bond acceptors (Lipinski definition) is 1. The fraction of sp³-hybridized carbons (Fsp3) is 0.167. The normalized spacial score (nSPS) is 12.8. The van der Waals surface area contributed by atoms with Crippen molar-refractivity contribution in [3.05, 3.63) is 54.1 Å². The van der Waals surface area contributed by atoms with Crippen LogP contribution < -0.4 is 0 Å². The van der Waals surface area contributed by atoms with Crippen molar-refractivity contribution >= 4 is 66.4 Å². The summed E-state index contributed by atoms with van der Waals surface area (Å²) in [6.07, 6.45) is 0. The van der Waals surface area contributed by atoms with Crippen molar-refractivity contribution in [2.75, 3.05) is 0 Å². The van der Waals surface area contributed by atoms with Gasteiger partial charge in [0.25, 0.3) is 0 Å². The van der Waals surface area contributed by atoms with Gasteiger partial charge in [0.2, 0.25) is 0 Å². The molecule has 0 N–H and O–H groups in total. The molecule has 0 radical (unpaired) electrons. The van der Waals surface area contributed by atoms with Gasteiger partial charge in [-0.25, -0.2) is 0 Å². The van der Waals surface area contributed by atoms with Crippen molar-refractivity contribution in [2.24, 2.45) is 0 Å². The summed E-state index contributed by atoms with van der Waals surface area (Å²) in [6, 6.07) is 7.80. The fourth-order valence-corrected chi connectivity index (χ4v) is 4.90. The quantitative estimate of drug-likeness (QED) is 0.485. The maximum atomic E-state index is 6.23. The molecule has 0 saturated carbocycles. The second-order valence-corrected chi connectivity index (χ2v) is 7.90. The van der Waals surface area contributed by atoms with E-state index in [1.54, 1.807) is 17.4 Å². The van der Waals surface area contributed by atoms with Crippen molar-refractivity contribution < 1.29 is 0 Å². The smallest absolute Gasteiger partial charge is 0.0704 e. The van der Waals surface area contributed by atoms with E-state index in [0.29, 0.717) is 10.0 Å². The molecule has 0 spiro atoms. The van der Waals surface area contributed by atoms with Crippen molar-refractivity contribution in [1.82, 2.24) is 0 Å². The largest absolute Gasteiger partial charge is 0.133 e. The maximum Gasteiger partial charge on any atom is 0.0704 e. The molecule has 1 unspecified atom stereocenters. The second-order valence-electron chi connectivity index (χ2n) is 3.57. The molecule has 0 aliphatic carbocycles. The SMILES string of the molecule is Cc1sc(Br)cc1C(Br)c1cccc(Cl)c1Cl. The minimum atomic E-state index is 0.0660. The average molecular weight is 415 g/mol. The Hall–Kier alpha value is 0.460. The van der Waals surface area contributed by atoms with Crippen LogP contribution in [0, 0.1) is 6.92 Å². The van der Waals surface area contributed by atoms with Crippen LogP contribution in [0.15, 0.2) is 28.1 Å². The molecule has 0 nitrogen and oxygen atoms in total. The van der Waals surface area contributed by atoms with Gasteiger partial charge in [-0.3, -0.25) is 0 Å². The van der Waals surface area contributed by atoms with Crippen molar-refractivity contribution in [1.29, 1.82) is 0 Å². The topological polar surface area (TPSA) is 0 Å². The molecular formula is C12H8Br2Cl2S. The standard InChI is InChI=1S/C12H8Br2Cl2S/c1-6-8(5-10(13)17-6)11(14)7-3-2-4-9(15)12(7)16/h2-5,11H,1H3. The summed E-state index contributed by atoms with van der Waals surface area (Å²) in [7, 11) is 0. The summed E-state index contributed by atoms with van der Waals surface area (Å²) >= 11 is 21.2. The molecule has 5 heteroatoms. The van der Waals surface area contributed by atoms with Crippen molar-refractivity contribution in [2.45, 2.75) is 11.8 Å². The van der Waals surface area contributed by atoms with E-state index < -0.39 is 0 Å². The van der Waals surface area contributed by atoms with Gasteiger partial charge in [-0.2, -0.15) is 0 Å². The van der Waals surface area contributed by atoms with Crippen LogP contribution in [-0.4, -0.2) is 0 Å². The van der Waals surface area contributed by atoms with Crippen LogP contribution in [0.2, 0.25) is 10.0 Å². The Balaban J connectivity index is 2.47. The van der Waals surface area contributed by atoms with E-state index >= 15 is 0 Å². The zero-order chi connectivity index (χ0) is 12.6. The fourth-order valence-electron chi connectivity index (χ4n) is 1.59. The highest BCUT2D eigenvalue weighted by atomic mass is 79.9. The molecule has 1 atom stereocenters. The van der Waals surface area contributed by atoms with Gasteiger partial charge in [0.15, 0.2) is 0 Å². The third kappa shape index (κ3) is 2.90. The monoisotopic (exact) mass is 412 g/mol. The summed E-state index contributed by atoms with van der Waals surface area (Å²) < 4.78 is 1.12. The predicted molar refractivity (Wildman–Crippen MR) is 84.0 cm³/mol. The Morgan fingerprint density at radius 3 is 2.53 bits per heavy atom. The molecule has 0 saturated heterocycles. The summed E-state index contributed by atoms with van der Waals surface area (Å²) in [5.74, 6) is 0. The Labute approximate surface area is 131 Å². The lowest BCUT2D eigenvalue weighted by Gasteiger charge is -2.12. The molecule has 0 fully saturated rings. The van der Waals surface area contributed by atoms with E-state index in [-0.39, 0.29) is 4.83 Å². The third-order valence-corrected chi connectivity index (χ3v) is 5.84. The predicted octanol–water partition coefficient (Wildman–Crippen LogP) is 6.61. The van der Waals surface area contributed by atoms with E-state index in [9.17, 15) is 0 Å². The van der Waals surface area contributed by atoms with Crippen LogP contribution in [0.1, 0.15) is 20.8 Å². The highest BCUT2D eigenvalue weighted by Crippen LogP contribution is 2.42. The van der Waals surface area contributed by atoms with E-state index in [1.807, 2.05) is 12.1 Å². The summed E-state index contributed by atoms with van der Waals surface area (Å²) in [6.45, 7) is 2.09. The first-order valence-electron chi connectivity index (χ1n) is 4.84. The van der Waals surface area contributed by atoms with Gasteiger partial charge in [-0.1, -0.05) is 51.3 Å². The average Bonchev–Trinajstić information content (AvgIpc) is 2.61. The maximum absolute atomic E-state index is 6.23. The first-order valence-corrected chi connectivity index (χ1v) is 8.12. The molecular weight excluding hydrogens is 407 g/mol. The van der Waals surface area contributed by atoms with E-state index in [0.717, 1.165) is 9.35 Å². The Morgan fingerprint density at radius 1 is 1.24 bits per heavy atom. The van der Waals surface area contributed by atoms with Gasteiger partial charge in [-0.15, -0.1) is 11.3 Å². The minimum Gasteiger partial charge on any atom is -0.133 e. The number of benzene rings is 1. The van der Waals surface area contributed by atoms with Crippen molar-refractivity contribution in [3.8, 4) is 0 Å². The first kappa shape index (κ1) is 13.9. The number of rotatable bonds is 2. The highest BCUT2D eigenvalue weighted by molar-refractivity contribution is 9.11. The molecule has 1 aromatic heterocycles. The van der Waals surface area contributed by atoms with Crippen LogP contribution in [-0.2, 0) is 0 Å². The Kier molecular flexibility index (Phi) is 4.59. The van der Waals surface area contributed by atoms with E-state index in [2.05, 4.69) is 44.8 Å². The lowest BCUT2D eigenvalue weighted by molar-refractivity contribution is 1.17. The van der Waals surface area contributed by atoms with Crippen LogP contribution in [0.25, 0.3) is 0 Å². The molecule has 2 aromatic rings. The van der Waals surface area contributed by atoms with Crippen LogP contribution in [0.5, 0.6) is 0 Å². The van der Waals surface area contributed by atoms with Crippen LogP contribution >= 0.6 is 66.4 Å². The van der Waals surface area contributed by atoms with Gasteiger partial charge in [0.1, 0.15) is 0 Å². The molecule has 0 aliphatic rings. The first-order chi connectivity index (χ1) is 8.00. The Morgan fingerprint density at radius 2 is 1.94 bits per heavy atom. The van der Waals surface area contributed by atoms with Gasteiger partial charge in [0, 0.05) is 4.88 Å². The molecule has 0 aliphatic heterocycles. The lowest BCUT2D eigenvalue weighted by Crippen LogP contribution is -1.94. The molecule has 1 aromatic carbocycles. The molecule has 17 heavy (non-hydrogen) atoms. The number of halogens is 4. The van der Waals surface area contributed by atoms with Crippen LogP contribution in [0.3, 0.4) is 0 Å². The number of alkyl halides is 1. The summed E-state index contributed by atoms with van der Waals surface area (Å²) in [4.78, 5) is 1.33. The zero-order valence-electron chi connectivity index (χ0n) is 8.81. The van der Waals surface area contributed by atoms with Crippen molar-refractivity contribution in [3.63, 3.8) is 0 Å². The number of aryl methyl sites for hydroxylation is 1. The molecule has 2 rings (SSSR count). The van der Waals surface area contributed by atoms with Gasteiger partial charge in [0.05, 0.1) is 18.7 Å². The van der Waals surface area contributed by atoms with E-state index in [1.165, 1.54) is 10.4 Å². The molecule has 1 heterocycles. The minimum absolute atomic E-state index is 0.0660. The highest BCUT2D eigenvalue weighted by Gasteiger charge is 2.18. The van der Waals surface area contributed by atoms with Gasteiger partial charge < -0.3 is 0 Å². The van der Waals surface area contributed by atoms with Crippen LogP contribution in [0.4, 0.5) is 0 Å². The number of thiophene rings is 1. The summed E-state index contributed by atoms with van der Waals surface area (Å²) in [5.41, 5.74) is 2.21. The summed E-state index contributed by atoms with van der Waals surface area (Å²) in [5, 5.41) is 1.19. The van der Waals surface area contributed by atoms with Gasteiger partial charge >= 0.3 is 0 Å². The zero-order valence-corrected chi connectivity index (χ0v) is 14.3. The molecule has 0 bridgehead atoms. The van der Waals surface area contributed by atoms with E-state index in [4.69, 9.17) is 23.2 Å². The third-order valence-electron chi connectivity index (χ3n) is 2.45. The number of hydrogen-bond donors (Lipinski definition) is 0. The molecule has 90 valence electrons.